The summed E-state index contributed by atoms with van der Waals surface area (Å²) in [6.07, 6.45) is 0.843. The van der Waals surface area contributed by atoms with Crippen LogP contribution in [0.2, 0.25) is 0 Å². The Morgan fingerprint density at radius 3 is 2.64 bits per heavy atom. The van der Waals surface area contributed by atoms with E-state index in [-0.39, 0.29) is 13.2 Å². The topological polar surface area (TPSA) is 65.7 Å². The van der Waals surface area contributed by atoms with Crippen LogP contribution in [0.25, 0.3) is 11.0 Å². The molecule has 1 aromatic heterocycles. The molecular formula is C20H18O5. The fraction of sp³-hybridized carbons (Fsp3) is 0.200. The van der Waals surface area contributed by atoms with Gasteiger partial charge in [0, 0.05) is 17.0 Å². The molecule has 0 atom stereocenters. The van der Waals surface area contributed by atoms with Crippen LogP contribution in [-0.2, 0) is 22.6 Å². The first-order valence-corrected chi connectivity index (χ1v) is 8.05. The van der Waals surface area contributed by atoms with Crippen LogP contribution in [0.3, 0.4) is 0 Å². The number of carbonyl (C=O) groups excluding carboxylic acids is 1. The number of benzene rings is 2. The SMILES string of the molecule is CCc1ccc2c(COC(=O)COc3ccccc3)cc(=O)oc2c1. The van der Waals surface area contributed by atoms with Crippen LogP contribution >= 0.6 is 0 Å². The maximum absolute atomic E-state index is 11.9. The van der Waals surface area contributed by atoms with Crippen LogP contribution in [-0.4, -0.2) is 12.6 Å². The third-order valence-corrected chi connectivity index (χ3v) is 3.79. The van der Waals surface area contributed by atoms with Crippen molar-refractivity contribution in [3.63, 3.8) is 0 Å². The van der Waals surface area contributed by atoms with Gasteiger partial charge in [0.25, 0.3) is 0 Å². The first-order valence-electron chi connectivity index (χ1n) is 8.05. The van der Waals surface area contributed by atoms with Crippen LogP contribution in [0.15, 0.2) is 63.8 Å². The first-order chi connectivity index (χ1) is 12.2. The number of fused-ring (bicyclic) bond motifs is 1. The molecular weight excluding hydrogens is 320 g/mol. The Kier molecular flexibility index (Phi) is 5.14. The molecule has 1 heterocycles. The predicted octanol–water partition coefficient (Wildman–Crippen LogP) is 3.48. The molecule has 0 radical (unpaired) electrons. The summed E-state index contributed by atoms with van der Waals surface area (Å²) in [5.74, 6) is 0.0905. The molecule has 0 N–H and O–H groups in total. The molecule has 0 fully saturated rings. The monoisotopic (exact) mass is 338 g/mol. The second kappa shape index (κ2) is 7.66. The van der Waals surface area contributed by atoms with Gasteiger partial charge in [-0.25, -0.2) is 9.59 Å². The highest BCUT2D eigenvalue weighted by Gasteiger charge is 2.10. The molecule has 0 unspecified atom stereocenters. The van der Waals surface area contributed by atoms with Gasteiger partial charge in [0.2, 0.25) is 0 Å². The Morgan fingerprint density at radius 2 is 1.88 bits per heavy atom. The van der Waals surface area contributed by atoms with E-state index in [1.807, 2.05) is 43.3 Å². The van der Waals surface area contributed by atoms with E-state index in [1.54, 1.807) is 12.1 Å². The van der Waals surface area contributed by atoms with E-state index in [0.29, 0.717) is 16.9 Å². The highest BCUT2D eigenvalue weighted by Crippen LogP contribution is 2.20. The number of carbonyl (C=O) groups is 1. The van der Waals surface area contributed by atoms with E-state index < -0.39 is 11.6 Å². The smallest absolute Gasteiger partial charge is 0.344 e. The quantitative estimate of drug-likeness (QED) is 0.508. The molecule has 25 heavy (non-hydrogen) atoms. The van der Waals surface area contributed by atoms with Gasteiger partial charge < -0.3 is 13.9 Å². The van der Waals surface area contributed by atoms with Gasteiger partial charge in [-0.2, -0.15) is 0 Å². The van der Waals surface area contributed by atoms with Gasteiger partial charge in [-0.1, -0.05) is 37.3 Å². The molecule has 5 nitrogen and oxygen atoms in total. The van der Waals surface area contributed by atoms with Crippen LogP contribution in [0.5, 0.6) is 5.75 Å². The molecule has 0 saturated heterocycles. The highest BCUT2D eigenvalue weighted by atomic mass is 16.6. The normalized spacial score (nSPS) is 10.6. The third kappa shape index (κ3) is 4.26. The number of ether oxygens (including phenoxy) is 2. The van der Waals surface area contributed by atoms with Gasteiger partial charge >= 0.3 is 11.6 Å². The molecule has 0 aliphatic carbocycles. The molecule has 0 bridgehead atoms. The summed E-state index contributed by atoms with van der Waals surface area (Å²) in [5.41, 5.74) is 1.72. The lowest BCUT2D eigenvalue weighted by molar-refractivity contribution is -0.147. The second-order valence-electron chi connectivity index (χ2n) is 5.54. The van der Waals surface area contributed by atoms with E-state index in [1.165, 1.54) is 6.07 Å². The van der Waals surface area contributed by atoms with Crippen molar-refractivity contribution in [2.45, 2.75) is 20.0 Å². The van der Waals surface area contributed by atoms with Crippen molar-refractivity contribution in [2.75, 3.05) is 6.61 Å². The highest BCUT2D eigenvalue weighted by molar-refractivity contribution is 5.81. The summed E-state index contributed by atoms with van der Waals surface area (Å²) in [4.78, 5) is 23.6. The Hall–Kier alpha value is -3.08. The van der Waals surface area contributed by atoms with E-state index in [9.17, 15) is 9.59 Å². The molecule has 2 aromatic carbocycles. The standard InChI is InChI=1S/C20H18O5/c1-2-14-8-9-17-15(11-19(21)25-18(17)10-14)12-24-20(22)13-23-16-6-4-3-5-7-16/h3-11H,2,12-13H2,1H3. The van der Waals surface area contributed by atoms with Crippen LogP contribution in [0, 0.1) is 0 Å². The number of rotatable bonds is 6. The molecule has 3 rings (SSSR count). The summed E-state index contributed by atoms with van der Waals surface area (Å²) in [5, 5.41) is 0.758. The first kappa shape index (κ1) is 16.8. The summed E-state index contributed by atoms with van der Waals surface area (Å²) < 4.78 is 15.8. The predicted molar refractivity (Wildman–Crippen MR) is 93.6 cm³/mol. The van der Waals surface area contributed by atoms with Crippen molar-refractivity contribution in [1.82, 2.24) is 0 Å². The van der Waals surface area contributed by atoms with Crippen LogP contribution in [0.1, 0.15) is 18.1 Å². The fourth-order valence-electron chi connectivity index (χ4n) is 2.47. The van der Waals surface area contributed by atoms with Gasteiger partial charge in [0.1, 0.15) is 17.9 Å². The minimum atomic E-state index is -0.504. The molecule has 128 valence electrons. The van der Waals surface area contributed by atoms with Gasteiger partial charge in [0.15, 0.2) is 6.61 Å². The maximum Gasteiger partial charge on any atom is 0.344 e. The van der Waals surface area contributed by atoms with Gasteiger partial charge in [0.05, 0.1) is 0 Å². The zero-order valence-electron chi connectivity index (χ0n) is 13.9. The molecule has 0 saturated carbocycles. The molecule has 3 aromatic rings. The van der Waals surface area contributed by atoms with Gasteiger partial charge in [-0.3, -0.25) is 0 Å². The van der Waals surface area contributed by atoms with Crippen molar-refractivity contribution in [1.29, 1.82) is 0 Å². The average molecular weight is 338 g/mol. The number of hydrogen-bond acceptors (Lipinski definition) is 5. The number of para-hydroxylation sites is 1. The van der Waals surface area contributed by atoms with Crippen LogP contribution in [0.4, 0.5) is 0 Å². The summed E-state index contributed by atoms with van der Waals surface area (Å²) in [7, 11) is 0. The lowest BCUT2D eigenvalue weighted by atomic mass is 10.1. The second-order valence-corrected chi connectivity index (χ2v) is 5.54. The molecule has 0 aliphatic heterocycles. The molecule has 0 spiro atoms. The Balaban J connectivity index is 1.68. The van der Waals surface area contributed by atoms with Crippen molar-refractivity contribution in [3.05, 3.63) is 76.1 Å². The van der Waals surface area contributed by atoms with Crippen molar-refractivity contribution >= 4 is 16.9 Å². The largest absolute Gasteiger partial charge is 0.482 e. The Labute approximate surface area is 144 Å². The van der Waals surface area contributed by atoms with Crippen LogP contribution < -0.4 is 10.4 Å². The summed E-state index contributed by atoms with van der Waals surface area (Å²) in [6.45, 7) is 1.82. The minimum absolute atomic E-state index is 0.00937. The third-order valence-electron chi connectivity index (χ3n) is 3.79. The summed E-state index contributed by atoms with van der Waals surface area (Å²) in [6, 6.07) is 16.0. The van der Waals surface area contributed by atoms with E-state index in [0.717, 1.165) is 17.4 Å². The average Bonchev–Trinajstić information content (AvgIpc) is 2.64. The van der Waals surface area contributed by atoms with Crippen molar-refractivity contribution in [2.24, 2.45) is 0 Å². The maximum atomic E-state index is 11.9. The van der Waals surface area contributed by atoms with Crippen molar-refractivity contribution in [3.8, 4) is 5.75 Å². The molecule has 5 heteroatoms. The van der Waals surface area contributed by atoms with Gasteiger partial charge in [-0.15, -0.1) is 0 Å². The number of hydrogen-bond donors (Lipinski definition) is 0. The minimum Gasteiger partial charge on any atom is -0.482 e. The Bertz CT molecular complexity index is 928. The van der Waals surface area contributed by atoms with E-state index in [2.05, 4.69) is 0 Å². The van der Waals surface area contributed by atoms with Crippen molar-refractivity contribution < 1.29 is 18.7 Å². The lowest BCUT2D eigenvalue weighted by Gasteiger charge is -2.09. The van der Waals surface area contributed by atoms with Gasteiger partial charge in [-0.05, 0) is 30.2 Å². The number of aryl methyl sites for hydroxylation is 1. The zero-order valence-corrected chi connectivity index (χ0v) is 13.9. The van der Waals surface area contributed by atoms with E-state index in [4.69, 9.17) is 13.9 Å². The Morgan fingerprint density at radius 1 is 1.08 bits per heavy atom. The summed E-state index contributed by atoms with van der Waals surface area (Å²) >= 11 is 0. The molecule has 0 aliphatic rings. The zero-order chi connectivity index (χ0) is 17.6. The fourth-order valence-corrected chi connectivity index (χ4v) is 2.47. The van der Waals surface area contributed by atoms with E-state index >= 15 is 0 Å². The lowest BCUT2D eigenvalue weighted by Crippen LogP contribution is -2.15. The number of esters is 1. The molecule has 0 amide bonds.